The van der Waals surface area contributed by atoms with Crippen molar-refractivity contribution in [1.82, 2.24) is 15.3 Å². The highest BCUT2D eigenvalue weighted by atomic mass is 16.4. The number of nitrogens with zero attached hydrogens (tertiary/aromatic N) is 1. The summed E-state index contributed by atoms with van der Waals surface area (Å²) < 4.78 is 5.70. The van der Waals surface area contributed by atoms with Crippen molar-refractivity contribution in [2.75, 3.05) is 0 Å². The summed E-state index contributed by atoms with van der Waals surface area (Å²) in [6.07, 6.45) is 3.93. The highest BCUT2D eigenvalue weighted by Gasteiger charge is 2.09. The number of benzene rings is 1. The van der Waals surface area contributed by atoms with E-state index in [2.05, 4.69) is 15.3 Å². The Morgan fingerprint density at radius 2 is 2.04 bits per heavy atom. The molecule has 25 heavy (non-hydrogen) atoms. The molecule has 0 saturated heterocycles. The molecule has 128 valence electrons. The Kier molecular flexibility index (Phi) is 5.09. The minimum Gasteiger partial charge on any atom is -0.441 e. The summed E-state index contributed by atoms with van der Waals surface area (Å²) >= 11 is 0. The summed E-state index contributed by atoms with van der Waals surface area (Å²) in [7, 11) is 0. The van der Waals surface area contributed by atoms with Crippen molar-refractivity contribution in [1.29, 1.82) is 0 Å². The summed E-state index contributed by atoms with van der Waals surface area (Å²) in [6.45, 7) is 2.35. The first kappa shape index (κ1) is 16.7. The smallest absolute Gasteiger partial charge is 0.248 e. The lowest BCUT2D eigenvalue weighted by molar-refractivity contribution is -0.121. The molecule has 0 spiro atoms. The Balaban J connectivity index is 1.51. The highest BCUT2D eigenvalue weighted by molar-refractivity contribution is 5.76. The number of rotatable bonds is 6. The molecule has 2 N–H and O–H groups in total. The van der Waals surface area contributed by atoms with E-state index in [0.29, 0.717) is 24.6 Å². The molecule has 1 aromatic carbocycles. The van der Waals surface area contributed by atoms with Gasteiger partial charge in [-0.2, -0.15) is 0 Å². The maximum atomic E-state index is 11.9. The number of hydrogen-bond donors (Lipinski definition) is 2. The van der Waals surface area contributed by atoms with Gasteiger partial charge < -0.3 is 14.7 Å². The average Bonchev–Trinajstić information content (AvgIpc) is 3.08. The fourth-order valence-corrected chi connectivity index (χ4v) is 2.39. The maximum Gasteiger partial charge on any atom is 0.248 e. The van der Waals surface area contributed by atoms with Gasteiger partial charge in [-0.15, -0.1) is 0 Å². The van der Waals surface area contributed by atoms with Gasteiger partial charge in [0.15, 0.2) is 11.7 Å². The van der Waals surface area contributed by atoms with Crippen LogP contribution in [0.5, 0.6) is 0 Å². The molecular formula is C19H19N3O3. The predicted molar refractivity (Wildman–Crippen MR) is 93.9 cm³/mol. The van der Waals surface area contributed by atoms with Gasteiger partial charge in [-0.05, 0) is 18.6 Å². The van der Waals surface area contributed by atoms with Crippen LogP contribution in [-0.4, -0.2) is 15.9 Å². The zero-order valence-electron chi connectivity index (χ0n) is 13.9. The molecular weight excluding hydrogens is 318 g/mol. The van der Waals surface area contributed by atoms with Crippen molar-refractivity contribution in [3.8, 4) is 11.3 Å². The van der Waals surface area contributed by atoms with Gasteiger partial charge in [0.25, 0.3) is 0 Å². The number of pyridine rings is 1. The zero-order valence-corrected chi connectivity index (χ0v) is 13.9. The van der Waals surface area contributed by atoms with Crippen LogP contribution < -0.4 is 10.9 Å². The summed E-state index contributed by atoms with van der Waals surface area (Å²) in [5.41, 5.74) is 2.72. The molecule has 0 unspecified atom stereocenters. The summed E-state index contributed by atoms with van der Waals surface area (Å²) in [5, 5.41) is 2.78. The van der Waals surface area contributed by atoms with E-state index in [1.807, 2.05) is 31.2 Å². The van der Waals surface area contributed by atoms with E-state index in [1.165, 1.54) is 11.6 Å². The second-order valence-electron chi connectivity index (χ2n) is 5.82. The summed E-state index contributed by atoms with van der Waals surface area (Å²) in [5.74, 6) is 1.11. The number of nitrogens with one attached hydrogen (secondary N) is 2. The maximum absolute atomic E-state index is 11.9. The lowest BCUT2D eigenvalue weighted by atomic mass is 10.1. The Morgan fingerprint density at radius 3 is 2.80 bits per heavy atom. The van der Waals surface area contributed by atoms with Crippen molar-refractivity contribution >= 4 is 5.91 Å². The van der Waals surface area contributed by atoms with Gasteiger partial charge in [-0.3, -0.25) is 9.59 Å². The van der Waals surface area contributed by atoms with Gasteiger partial charge in [0.2, 0.25) is 11.5 Å². The van der Waals surface area contributed by atoms with Gasteiger partial charge in [0.05, 0.1) is 6.20 Å². The second-order valence-corrected chi connectivity index (χ2v) is 5.82. The van der Waals surface area contributed by atoms with Crippen molar-refractivity contribution in [2.24, 2.45) is 0 Å². The van der Waals surface area contributed by atoms with Crippen LogP contribution in [0.25, 0.3) is 11.3 Å². The van der Waals surface area contributed by atoms with E-state index in [4.69, 9.17) is 4.42 Å². The van der Waals surface area contributed by atoms with Gasteiger partial charge >= 0.3 is 0 Å². The number of amides is 1. The van der Waals surface area contributed by atoms with Crippen LogP contribution in [-0.2, 0) is 17.8 Å². The molecule has 0 aliphatic rings. The van der Waals surface area contributed by atoms with E-state index >= 15 is 0 Å². The monoisotopic (exact) mass is 337 g/mol. The van der Waals surface area contributed by atoms with Crippen LogP contribution in [0.1, 0.15) is 23.4 Å². The van der Waals surface area contributed by atoms with E-state index < -0.39 is 0 Å². The number of carbonyl (C=O) groups is 1. The Hall–Kier alpha value is -3.15. The van der Waals surface area contributed by atoms with Gasteiger partial charge in [0, 0.05) is 37.2 Å². The first-order chi connectivity index (χ1) is 12.1. The number of aromatic amines is 1. The largest absolute Gasteiger partial charge is 0.441 e. The lowest BCUT2D eigenvalue weighted by Gasteiger charge is -2.04. The van der Waals surface area contributed by atoms with E-state index in [1.54, 1.807) is 18.5 Å². The molecule has 0 aliphatic carbocycles. The molecule has 0 bridgehead atoms. The third kappa shape index (κ3) is 4.67. The van der Waals surface area contributed by atoms with Crippen molar-refractivity contribution in [3.05, 3.63) is 76.2 Å². The molecule has 2 aromatic heterocycles. The third-order valence-corrected chi connectivity index (χ3v) is 3.78. The first-order valence-electron chi connectivity index (χ1n) is 8.06. The number of aromatic nitrogens is 2. The second kappa shape index (κ2) is 7.61. The fourth-order valence-electron chi connectivity index (χ4n) is 2.39. The van der Waals surface area contributed by atoms with Gasteiger partial charge in [0.1, 0.15) is 0 Å². The zero-order chi connectivity index (χ0) is 17.6. The molecule has 6 heteroatoms. The molecule has 6 nitrogen and oxygen atoms in total. The fraction of sp³-hybridized carbons (Fsp3) is 0.211. The number of aryl methyl sites for hydroxylation is 2. The Morgan fingerprint density at radius 1 is 1.24 bits per heavy atom. The molecule has 3 rings (SSSR count). The van der Waals surface area contributed by atoms with E-state index in [9.17, 15) is 9.59 Å². The van der Waals surface area contributed by atoms with Gasteiger partial charge in [-0.25, -0.2) is 4.98 Å². The molecule has 0 saturated carbocycles. The van der Waals surface area contributed by atoms with Crippen molar-refractivity contribution in [3.63, 3.8) is 0 Å². The van der Waals surface area contributed by atoms with Crippen LogP contribution in [0.2, 0.25) is 0 Å². The van der Waals surface area contributed by atoms with Gasteiger partial charge in [-0.1, -0.05) is 29.8 Å². The third-order valence-electron chi connectivity index (χ3n) is 3.78. The van der Waals surface area contributed by atoms with E-state index in [0.717, 1.165) is 11.1 Å². The Bertz CT molecular complexity index is 910. The summed E-state index contributed by atoms with van der Waals surface area (Å²) in [4.78, 5) is 29.9. The number of hydrogen-bond acceptors (Lipinski definition) is 4. The number of H-pyrrole nitrogens is 1. The molecule has 0 aliphatic heterocycles. The molecule has 0 fully saturated rings. The minimum absolute atomic E-state index is 0.115. The lowest BCUT2D eigenvalue weighted by Crippen LogP contribution is -2.23. The van der Waals surface area contributed by atoms with Crippen LogP contribution in [0.15, 0.2) is 58.0 Å². The van der Waals surface area contributed by atoms with Crippen LogP contribution in [0.3, 0.4) is 0 Å². The number of carbonyl (C=O) groups excluding carboxylic acids is 1. The summed E-state index contributed by atoms with van der Waals surface area (Å²) in [6, 6.07) is 11.2. The topological polar surface area (TPSA) is 88.0 Å². The first-order valence-corrected chi connectivity index (χ1v) is 8.06. The normalized spacial score (nSPS) is 10.6. The molecule has 0 radical (unpaired) electrons. The van der Waals surface area contributed by atoms with Crippen LogP contribution in [0.4, 0.5) is 0 Å². The average molecular weight is 337 g/mol. The molecule has 2 heterocycles. The van der Waals surface area contributed by atoms with Crippen LogP contribution in [0, 0.1) is 6.92 Å². The molecule has 0 atom stereocenters. The van der Waals surface area contributed by atoms with Crippen molar-refractivity contribution < 1.29 is 9.21 Å². The highest BCUT2D eigenvalue weighted by Crippen LogP contribution is 2.21. The van der Waals surface area contributed by atoms with Crippen LogP contribution >= 0.6 is 0 Å². The Labute approximate surface area is 144 Å². The minimum atomic E-state index is -0.185. The standard InChI is InChI=1S/C19H19N3O3/c1-13-2-4-15(5-3-13)16-12-22-19(25-16)7-6-17(23)21-11-14-8-9-20-18(24)10-14/h2-5,8-10,12H,6-7,11H2,1H3,(H,20,24)(H,21,23). The quantitative estimate of drug-likeness (QED) is 0.724. The molecule has 3 aromatic rings. The number of oxazole rings is 1. The predicted octanol–water partition coefficient (Wildman–Crippen LogP) is 2.59. The SMILES string of the molecule is Cc1ccc(-c2cnc(CCC(=O)NCc3cc[nH]c(=O)c3)o2)cc1. The van der Waals surface area contributed by atoms with E-state index in [-0.39, 0.29) is 17.9 Å². The van der Waals surface area contributed by atoms with Crippen molar-refractivity contribution in [2.45, 2.75) is 26.3 Å². The molecule has 1 amide bonds.